The summed E-state index contributed by atoms with van der Waals surface area (Å²) in [6, 6.07) is 6.34. The van der Waals surface area contributed by atoms with Crippen LogP contribution in [0.4, 0.5) is 10.5 Å². The summed E-state index contributed by atoms with van der Waals surface area (Å²) < 4.78 is 5.73. The van der Waals surface area contributed by atoms with E-state index in [9.17, 15) is 4.79 Å². The smallest absolute Gasteiger partial charge is 0.319 e. The molecule has 2 amide bonds. The summed E-state index contributed by atoms with van der Waals surface area (Å²) in [5.41, 5.74) is 3.25. The van der Waals surface area contributed by atoms with E-state index in [0.717, 1.165) is 56.8 Å². The first kappa shape index (κ1) is 18.2. The van der Waals surface area contributed by atoms with Gasteiger partial charge in [-0.25, -0.2) is 4.79 Å². The van der Waals surface area contributed by atoms with Crippen molar-refractivity contribution in [3.05, 3.63) is 29.3 Å². The van der Waals surface area contributed by atoms with Gasteiger partial charge in [0.05, 0.1) is 6.10 Å². The number of benzene rings is 1. The third-order valence-corrected chi connectivity index (χ3v) is 5.39. The molecule has 5 heteroatoms. The number of nitrogens with one attached hydrogen (secondary N) is 2. The molecule has 2 fully saturated rings. The fourth-order valence-corrected chi connectivity index (χ4v) is 3.87. The molecule has 25 heavy (non-hydrogen) atoms. The summed E-state index contributed by atoms with van der Waals surface area (Å²) in [5.74, 6) is 0. The first-order valence-electron chi connectivity index (χ1n) is 9.65. The normalized spacial score (nSPS) is 22.1. The molecule has 0 radical (unpaired) electrons. The molecule has 0 saturated carbocycles. The lowest BCUT2D eigenvalue weighted by atomic mass is 10.0. The van der Waals surface area contributed by atoms with Gasteiger partial charge < -0.3 is 20.3 Å². The van der Waals surface area contributed by atoms with Gasteiger partial charge in [-0.1, -0.05) is 25.1 Å². The summed E-state index contributed by atoms with van der Waals surface area (Å²) in [7, 11) is 0. The minimum Gasteiger partial charge on any atom is -0.377 e. The van der Waals surface area contributed by atoms with E-state index in [1.54, 1.807) is 0 Å². The third kappa shape index (κ3) is 4.95. The molecule has 5 nitrogen and oxygen atoms in total. The van der Waals surface area contributed by atoms with E-state index in [2.05, 4.69) is 28.5 Å². The van der Waals surface area contributed by atoms with Crippen molar-refractivity contribution in [3.8, 4) is 0 Å². The van der Waals surface area contributed by atoms with Crippen LogP contribution >= 0.6 is 0 Å². The van der Waals surface area contributed by atoms with Crippen LogP contribution in [0.2, 0.25) is 0 Å². The van der Waals surface area contributed by atoms with Crippen LogP contribution in [0.3, 0.4) is 0 Å². The van der Waals surface area contributed by atoms with Gasteiger partial charge in [-0.2, -0.15) is 0 Å². The zero-order chi connectivity index (χ0) is 17.6. The number of para-hydroxylation sites is 1. The largest absolute Gasteiger partial charge is 0.377 e. The number of carbonyl (C=O) groups is 1. The second kappa shape index (κ2) is 8.68. The molecule has 2 saturated heterocycles. The number of aryl methyl sites for hydroxylation is 2. The SMILES string of the molecule is CCc1cccc(C)c1NC(=O)NC1CCN(C[C@H]2CCCO2)CC1. The Bertz CT molecular complexity index is 576. The summed E-state index contributed by atoms with van der Waals surface area (Å²) in [4.78, 5) is 14.9. The average molecular weight is 345 g/mol. The van der Waals surface area contributed by atoms with Gasteiger partial charge in [0.2, 0.25) is 0 Å². The molecule has 2 N–H and O–H groups in total. The van der Waals surface area contributed by atoms with E-state index in [1.165, 1.54) is 18.4 Å². The number of piperidine rings is 1. The Morgan fingerprint density at radius 3 is 2.76 bits per heavy atom. The van der Waals surface area contributed by atoms with Gasteiger partial charge in [-0.3, -0.25) is 0 Å². The van der Waals surface area contributed by atoms with Crippen molar-refractivity contribution in [2.75, 3.05) is 31.6 Å². The van der Waals surface area contributed by atoms with Gasteiger partial charge in [-0.05, 0) is 50.2 Å². The van der Waals surface area contributed by atoms with Crippen LogP contribution in [0.1, 0.15) is 43.7 Å². The highest BCUT2D eigenvalue weighted by molar-refractivity contribution is 5.91. The van der Waals surface area contributed by atoms with Crippen LogP contribution in [0, 0.1) is 6.92 Å². The van der Waals surface area contributed by atoms with Crippen LogP contribution in [0.5, 0.6) is 0 Å². The standard InChI is InChI=1S/C20H31N3O2/c1-3-16-7-4-6-15(2)19(16)22-20(24)21-17-9-11-23(12-10-17)14-18-8-5-13-25-18/h4,6-7,17-18H,3,5,8-14H2,1-2H3,(H2,21,22,24)/t18-/m1/s1. The molecular weight excluding hydrogens is 314 g/mol. The maximum atomic E-state index is 12.4. The van der Waals surface area contributed by atoms with Crippen LogP contribution < -0.4 is 10.6 Å². The summed E-state index contributed by atoms with van der Waals surface area (Å²) in [5, 5.41) is 6.22. The highest BCUT2D eigenvalue weighted by atomic mass is 16.5. The Kier molecular flexibility index (Phi) is 6.32. The number of likely N-dealkylation sites (tertiary alicyclic amines) is 1. The number of rotatable bonds is 5. The van der Waals surface area contributed by atoms with Gasteiger partial charge in [0.1, 0.15) is 0 Å². The number of ether oxygens (including phenoxy) is 1. The molecule has 1 aromatic carbocycles. The molecule has 0 aliphatic carbocycles. The predicted molar refractivity (Wildman–Crippen MR) is 101 cm³/mol. The van der Waals surface area contributed by atoms with Crippen molar-refractivity contribution in [3.63, 3.8) is 0 Å². The maximum absolute atomic E-state index is 12.4. The molecule has 2 heterocycles. The fraction of sp³-hybridized carbons (Fsp3) is 0.650. The number of amides is 2. The number of carbonyl (C=O) groups excluding carboxylic acids is 1. The van der Waals surface area contributed by atoms with Crippen molar-refractivity contribution in [1.82, 2.24) is 10.2 Å². The first-order valence-corrected chi connectivity index (χ1v) is 9.65. The van der Waals surface area contributed by atoms with E-state index in [4.69, 9.17) is 4.74 Å². The fourth-order valence-electron chi connectivity index (χ4n) is 3.87. The summed E-state index contributed by atoms with van der Waals surface area (Å²) in [6.07, 6.45) is 5.74. The van der Waals surface area contributed by atoms with Gasteiger partial charge in [0, 0.05) is 38.0 Å². The van der Waals surface area contributed by atoms with E-state index >= 15 is 0 Å². The molecule has 1 aromatic rings. The monoisotopic (exact) mass is 345 g/mol. The molecule has 1 atom stereocenters. The zero-order valence-corrected chi connectivity index (χ0v) is 15.5. The predicted octanol–water partition coefficient (Wildman–Crippen LogP) is 3.32. The van der Waals surface area contributed by atoms with Gasteiger partial charge in [0.25, 0.3) is 0 Å². The van der Waals surface area contributed by atoms with Crippen molar-refractivity contribution in [2.24, 2.45) is 0 Å². The molecule has 3 rings (SSSR count). The number of nitrogens with zero attached hydrogens (tertiary/aromatic N) is 1. The molecule has 2 aliphatic rings. The quantitative estimate of drug-likeness (QED) is 0.861. The highest BCUT2D eigenvalue weighted by Gasteiger charge is 2.24. The minimum absolute atomic E-state index is 0.0819. The molecule has 0 aromatic heterocycles. The van der Waals surface area contributed by atoms with E-state index in [-0.39, 0.29) is 12.1 Å². The van der Waals surface area contributed by atoms with E-state index in [1.807, 2.05) is 19.1 Å². The average Bonchev–Trinajstić information content (AvgIpc) is 3.11. The van der Waals surface area contributed by atoms with Crippen LogP contribution in [0.25, 0.3) is 0 Å². The van der Waals surface area contributed by atoms with Gasteiger partial charge in [0.15, 0.2) is 0 Å². The van der Waals surface area contributed by atoms with Crippen LogP contribution in [0.15, 0.2) is 18.2 Å². The Morgan fingerprint density at radius 1 is 1.28 bits per heavy atom. The Hall–Kier alpha value is -1.59. The highest BCUT2D eigenvalue weighted by Crippen LogP contribution is 2.21. The third-order valence-electron chi connectivity index (χ3n) is 5.39. The zero-order valence-electron chi connectivity index (χ0n) is 15.5. The number of hydrogen-bond donors (Lipinski definition) is 2. The van der Waals surface area contributed by atoms with Gasteiger partial charge >= 0.3 is 6.03 Å². The molecule has 0 unspecified atom stereocenters. The summed E-state index contributed by atoms with van der Waals surface area (Å²) >= 11 is 0. The number of hydrogen-bond acceptors (Lipinski definition) is 3. The van der Waals surface area contributed by atoms with Crippen molar-refractivity contribution in [1.29, 1.82) is 0 Å². The lowest BCUT2D eigenvalue weighted by Gasteiger charge is -2.33. The second-order valence-corrected chi connectivity index (χ2v) is 7.27. The molecule has 0 spiro atoms. The van der Waals surface area contributed by atoms with E-state index in [0.29, 0.717) is 6.10 Å². The van der Waals surface area contributed by atoms with Crippen LogP contribution in [-0.2, 0) is 11.2 Å². The first-order chi connectivity index (χ1) is 12.2. The summed E-state index contributed by atoms with van der Waals surface area (Å²) in [6.45, 7) is 8.19. The molecule has 138 valence electrons. The number of anilines is 1. The second-order valence-electron chi connectivity index (χ2n) is 7.27. The molecule has 0 bridgehead atoms. The van der Waals surface area contributed by atoms with Crippen LogP contribution in [-0.4, -0.2) is 49.3 Å². The lowest BCUT2D eigenvalue weighted by Crippen LogP contribution is -2.47. The van der Waals surface area contributed by atoms with Crippen molar-refractivity contribution >= 4 is 11.7 Å². The Balaban J connectivity index is 1.45. The molecular formula is C20H31N3O2. The molecule has 2 aliphatic heterocycles. The minimum atomic E-state index is -0.0819. The van der Waals surface area contributed by atoms with Gasteiger partial charge in [-0.15, -0.1) is 0 Å². The number of urea groups is 1. The van der Waals surface area contributed by atoms with E-state index < -0.39 is 0 Å². The van der Waals surface area contributed by atoms with Crippen molar-refractivity contribution in [2.45, 2.75) is 58.1 Å². The maximum Gasteiger partial charge on any atom is 0.319 e. The Labute approximate surface area is 151 Å². The lowest BCUT2D eigenvalue weighted by molar-refractivity contribution is 0.0633. The van der Waals surface area contributed by atoms with Crippen molar-refractivity contribution < 1.29 is 9.53 Å². The Morgan fingerprint density at radius 2 is 2.08 bits per heavy atom. The topological polar surface area (TPSA) is 53.6 Å².